The van der Waals surface area contributed by atoms with Crippen molar-refractivity contribution in [1.29, 1.82) is 0 Å². The molecular weight excluding hydrogens is 160 g/mol. The van der Waals surface area contributed by atoms with Crippen molar-refractivity contribution in [3.05, 3.63) is 0 Å². The Bertz CT molecular complexity index is 199. The van der Waals surface area contributed by atoms with Gasteiger partial charge in [0.15, 0.2) is 5.78 Å². The number of hydrogen-bond donors (Lipinski definition) is 0. The fourth-order valence-corrected chi connectivity index (χ4v) is 1.22. The summed E-state index contributed by atoms with van der Waals surface area (Å²) in [4.78, 5) is 22.2. The summed E-state index contributed by atoms with van der Waals surface area (Å²) < 4.78 is 9.72. The Balaban J connectivity index is 2.59. The highest BCUT2D eigenvalue weighted by Gasteiger charge is 2.39. The molecule has 68 valence electrons. The van der Waals surface area contributed by atoms with Gasteiger partial charge in [-0.3, -0.25) is 9.59 Å². The van der Waals surface area contributed by atoms with E-state index in [0.717, 1.165) is 0 Å². The van der Waals surface area contributed by atoms with Crippen LogP contribution in [0, 0.1) is 5.92 Å². The van der Waals surface area contributed by atoms with Crippen LogP contribution in [0.3, 0.4) is 0 Å². The number of carbonyl (C=O) groups excluding carboxylic acids is 2. The van der Waals surface area contributed by atoms with Crippen molar-refractivity contribution in [2.24, 2.45) is 5.92 Å². The first-order chi connectivity index (χ1) is 5.66. The van der Waals surface area contributed by atoms with Crippen LogP contribution in [0.15, 0.2) is 0 Å². The molecule has 1 rings (SSSR count). The summed E-state index contributed by atoms with van der Waals surface area (Å²) in [6, 6.07) is 0. The summed E-state index contributed by atoms with van der Waals surface area (Å²) in [6.45, 7) is 3.75. The smallest absolute Gasteiger partial charge is 0.319 e. The van der Waals surface area contributed by atoms with E-state index < -0.39 is 11.9 Å². The van der Waals surface area contributed by atoms with Gasteiger partial charge < -0.3 is 9.47 Å². The van der Waals surface area contributed by atoms with Gasteiger partial charge in [-0.05, 0) is 13.8 Å². The van der Waals surface area contributed by atoms with Gasteiger partial charge in [0.25, 0.3) is 0 Å². The zero-order valence-corrected chi connectivity index (χ0v) is 7.20. The van der Waals surface area contributed by atoms with Crippen LogP contribution in [0.5, 0.6) is 0 Å². The third-order valence-electron chi connectivity index (χ3n) is 1.85. The van der Waals surface area contributed by atoms with E-state index in [1.54, 1.807) is 13.8 Å². The predicted molar refractivity (Wildman–Crippen MR) is 40.5 cm³/mol. The van der Waals surface area contributed by atoms with Crippen LogP contribution in [0.25, 0.3) is 0 Å². The second-order valence-corrected chi connectivity index (χ2v) is 2.71. The van der Waals surface area contributed by atoms with Crippen molar-refractivity contribution in [3.63, 3.8) is 0 Å². The fourth-order valence-electron chi connectivity index (χ4n) is 1.22. The summed E-state index contributed by atoms with van der Waals surface area (Å²) in [7, 11) is 0. The molecule has 0 radical (unpaired) electrons. The largest absolute Gasteiger partial charge is 0.465 e. The summed E-state index contributed by atoms with van der Waals surface area (Å²) in [5.74, 6) is -1.35. The maximum Gasteiger partial charge on any atom is 0.319 e. The summed E-state index contributed by atoms with van der Waals surface area (Å²) in [6.07, 6.45) is -0.337. The van der Waals surface area contributed by atoms with Crippen LogP contribution in [0.4, 0.5) is 0 Å². The molecule has 0 amide bonds. The van der Waals surface area contributed by atoms with Crippen molar-refractivity contribution < 1.29 is 19.1 Å². The molecule has 0 aromatic rings. The maximum atomic E-state index is 11.1. The molecule has 1 aliphatic rings. The number of ketones is 1. The van der Waals surface area contributed by atoms with Gasteiger partial charge in [0.05, 0.1) is 12.7 Å². The van der Waals surface area contributed by atoms with Gasteiger partial charge in [0.1, 0.15) is 12.5 Å². The molecular formula is C8H12O4. The predicted octanol–water partition coefficient (Wildman–Crippen LogP) is 0.153. The molecule has 4 nitrogen and oxygen atoms in total. The summed E-state index contributed by atoms with van der Waals surface area (Å²) >= 11 is 0. The molecule has 2 atom stereocenters. The zero-order valence-electron chi connectivity index (χ0n) is 7.20. The molecule has 1 fully saturated rings. The Kier molecular flexibility index (Phi) is 2.81. The van der Waals surface area contributed by atoms with Gasteiger partial charge in [-0.15, -0.1) is 0 Å². The molecule has 0 saturated carbocycles. The van der Waals surface area contributed by atoms with Gasteiger partial charge in [0.2, 0.25) is 0 Å². The average molecular weight is 172 g/mol. The number of ether oxygens (including phenoxy) is 2. The monoisotopic (exact) mass is 172 g/mol. The topological polar surface area (TPSA) is 52.6 Å². The van der Waals surface area contributed by atoms with Gasteiger partial charge in [-0.1, -0.05) is 0 Å². The minimum absolute atomic E-state index is 0.0324. The molecule has 4 heteroatoms. The molecule has 0 N–H and O–H groups in total. The van der Waals surface area contributed by atoms with E-state index in [0.29, 0.717) is 6.61 Å². The number of carbonyl (C=O) groups is 2. The van der Waals surface area contributed by atoms with Crippen LogP contribution in [-0.2, 0) is 19.1 Å². The molecule has 0 bridgehead atoms. The molecule has 0 aromatic heterocycles. The van der Waals surface area contributed by atoms with Crippen LogP contribution in [0.2, 0.25) is 0 Å². The van der Waals surface area contributed by atoms with Crippen LogP contribution in [0.1, 0.15) is 13.8 Å². The molecule has 0 spiro atoms. The maximum absolute atomic E-state index is 11.1. The SMILES string of the molecule is CCOC(=O)[C@H]1C(=O)CO[C@@H]1C. The van der Waals surface area contributed by atoms with E-state index in [2.05, 4.69) is 0 Å². The highest BCUT2D eigenvalue weighted by atomic mass is 16.5. The second kappa shape index (κ2) is 3.67. The van der Waals surface area contributed by atoms with Crippen molar-refractivity contribution in [2.45, 2.75) is 20.0 Å². The first-order valence-electron chi connectivity index (χ1n) is 3.97. The molecule has 0 unspecified atom stereocenters. The minimum Gasteiger partial charge on any atom is -0.465 e. The van der Waals surface area contributed by atoms with Gasteiger partial charge in [0, 0.05) is 0 Å². The third kappa shape index (κ3) is 1.64. The Hall–Kier alpha value is -0.900. The average Bonchev–Trinajstić information content (AvgIpc) is 2.32. The van der Waals surface area contributed by atoms with Crippen LogP contribution >= 0.6 is 0 Å². The van der Waals surface area contributed by atoms with E-state index in [-0.39, 0.29) is 18.5 Å². The van der Waals surface area contributed by atoms with Gasteiger partial charge in [-0.25, -0.2) is 0 Å². The molecule has 1 saturated heterocycles. The summed E-state index contributed by atoms with van der Waals surface area (Å²) in [5.41, 5.74) is 0. The highest BCUT2D eigenvalue weighted by Crippen LogP contribution is 2.18. The molecule has 0 aliphatic carbocycles. The van der Waals surface area contributed by atoms with Crippen molar-refractivity contribution in [2.75, 3.05) is 13.2 Å². The van der Waals surface area contributed by atoms with Crippen LogP contribution < -0.4 is 0 Å². The van der Waals surface area contributed by atoms with E-state index in [1.165, 1.54) is 0 Å². The highest BCUT2D eigenvalue weighted by molar-refractivity contribution is 6.01. The number of hydrogen-bond acceptors (Lipinski definition) is 4. The number of Topliss-reactive ketones (excluding diaryl/α,β-unsaturated/α-hetero) is 1. The molecule has 12 heavy (non-hydrogen) atoms. The Morgan fingerprint density at radius 1 is 1.75 bits per heavy atom. The molecule has 0 aromatic carbocycles. The fraction of sp³-hybridized carbons (Fsp3) is 0.750. The van der Waals surface area contributed by atoms with E-state index in [9.17, 15) is 9.59 Å². The lowest BCUT2D eigenvalue weighted by Crippen LogP contribution is -2.29. The first-order valence-corrected chi connectivity index (χ1v) is 3.97. The number of rotatable bonds is 2. The van der Waals surface area contributed by atoms with Crippen molar-refractivity contribution >= 4 is 11.8 Å². The Morgan fingerprint density at radius 2 is 2.42 bits per heavy atom. The zero-order chi connectivity index (χ0) is 9.14. The van der Waals surface area contributed by atoms with Crippen LogP contribution in [-0.4, -0.2) is 31.1 Å². The Morgan fingerprint density at radius 3 is 2.83 bits per heavy atom. The lowest BCUT2D eigenvalue weighted by molar-refractivity contribution is -0.151. The van der Waals surface area contributed by atoms with E-state index >= 15 is 0 Å². The molecule has 1 heterocycles. The van der Waals surface area contributed by atoms with Crippen molar-refractivity contribution in [1.82, 2.24) is 0 Å². The lowest BCUT2D eigenvalue weighted by Gasteiger charge is -2.10. The van der Waals surface area contributed by atoms with Crippen molar-refractivity contribution in [3.8, 4) is 0 Å². The third-order valence-corrected chi connectivity index (χ3v) is 1.85. The standard InChI is InChI=1S/C8H12O4/c1-3-11-8(10)7-5(2)12-4-6(7)9/h5,7H,3-4H2,1-2H3/t5-,7-/m1/s1. The second-order valence-electron chi connectivity index (χ2n) is 2.71. The molecule has 1 aliphatic heterocycles. The van der Waals surface area contributed by atoms with Gasteiger partial charge in [-0.2, -0.15) is 0 Å². The minimum atomic E-state index is -0.704. The Labute approximate surface area is 70.8 Å². The summed E-state index contributed by atoms with van der Waals surface area (Å²) in [5, 5.41) is 0. The van der Waals surface area contributed by atoms with E-state index in [1.807, 2.05) is 0 Å². The normalized spacial score (nSPS) is 29.0. The first kappa shape index (κ1) is 9.19. The van der Waals surface area contributed by atoms with Gasteiger partial charge >= 0.3 is 5.97 Å². The lowest BCUT2D eigenvalue weighted by atomic mass is 10.0. The van der Waals surface area contributed by atoms with E-state index in [4.69, 9.17) is 9.47 Å². The quantitative estimate of drug-likeness (QED) is 0.439. The number of esters is 1.